The minimum absolute atomic E-state index is 0.0671. The Morgan fingerprint density at radius 1 is 1.33 bits per heavy atom. The SMILES string of the molecule is COc1cc(-c2onc(N(C)C)c2C(=O)NC(C)(C)C)ccc1F. The largest absolute Gasteiger partial charge is 0.494 e. The number of nitrogens with one attached hydrogen (secondary N) is 1. The standard InChI is InChI=1S/C17H22FN3O3/c1-17(2,3)19-16(22)13-14(24-20-15(13)21(4)5)10-7-8-11(18)12(9-10)23-6/h7-9H,1-6H3,(H,19,22). The molecule has 0 aliphatic carbocycles. The first kappa shape index (κ1) is 17.8. The number of aromatic nitrogens is 1. The van der Waals surface area contributed by atoms with Crippen LogP contribution in [0.3, 0.4) is 0 Å². The van der Waals surface area contributed by atoms with Crippen LogP contribution in [0.2, 0.25) is 0 Å². The molecule has 24 heavy (non-hydrogen) atoms. The van der Waals surface area contributed by atoms with Gasteiger partial charge in [-0.3, -0.25) is 4.79 Å². The van der Waals surface area contributed by atoms with Gasteiger partial charge in [0.25, 0.3) is 5.91 Å². The molecule has 0 unspecified atom stereocenters. The number of carbonyl (C=O) groups excluding carboxylic acids is 1. The Morgan fingerprint density at radius 3 is 2.54 bits per heavy atom. The van der Waals surface area contributed by atoms with E-state index in [1.165, 1.54) is 25.3 Å². The molecule has 2 rings (SSSR count). The summed E-state index contributed by atoms with van der Waals surface area (Å²) >= 11 is 0. The lowest BCUT2D eigenvalue weighted by Crippen LogP contribution is -2.41. The van der Waals surface area contributed by atoms with Crippen molar-refractivity contribution in [3.63, 3.8) is 0 Å². The molecule has 0 spiro atoms. The van der Waals surface area contributed by atoms with Gasteiger partial charge in [0.15, 0.2) is 23.1 Å². The van der Waals surface area contributed by atoms with E-state index >= 15 is 0 Å². The molecule has 0 atom stereocenters. The number of amides is 1. The third kappa shape index (κ3) is 3.67. The quantitative estimate of drug-likeness (QED) is 0.930. The molecule has 0 aliphatic heterocycles. The molecule has 7 heteroatoms. The van der Waals surface area contributed by atoms with Crippen molar-refractivity contribution >= 4 is 11.7 Å². The first-order chi connectivity index (χ1) is 11.1. The molecule has 0 fully saturated rings. The second kappa shape index (κ2) is 6.51. The molecule has 6 nitrogen and oxygen atoms in total. The highest BCUT2D eigenvalue weighted by atomic mass is 19.1. The van der Waals surface area contributed by atoms with Crippen LogP contribution in [-0.4, -0.2) is 37.8 Å². The van der Waals surface area contributed by atoms with E-state index in [2.05, 4.69) is 10.5 Å². The zero-order chi connectivity index (χ0) is 18.1. The summed E-state index contributed by atoms with van der Waals surface area (Å²) in [5.74, 6) is -0.0775. The van der Waals surface area contributed by atoms with Gasteiger partial charge >= 0.3 is 0 Å². The van der Waals surface area contributed by atoms with Crippen LogP contribution >= 0.6 is 0 Å². The van der Waals surface area contributed by atoms with Gasteiger partial charge in [-0.2, -0.15) is 0 Å². The highest BCUT2D eigenvalue weighted by molar-refractivity contribution is 6.04. The third-order valence-corrected chi connectivity index (χ3v) is 3.23. The van der Waals surface area contributed by atoms with Crippen molar-refractivity contribution in [2.45, 2.75) is 26.3 Å². The Labute approximate surface area is 140 Å². The number of anilines is 1. The third-order valence-electron chi connectivity index (χ3n) is 3.23. The molecule has 0 bridgehead atoms. The Balaban J connectivity index is 2.57. The van der Waals surface area contributed by atoms with Crippen molar-refractivity contribution in [3.8, 4) is 17.1 Å². The summed E-state index contributed by atoms with van der Waals surface area (Å²) in [6, 6.07) is 4.26. The van der Waals surface area contributed by atoms with Gasteiger partial charge in [0.2, 0.25) is 0 Å². The van der Waals surface area contributed by atoms with Gasteiger partial charge in [-0.15, -0.1) is 0 Å². The molecule has 1 aromatic carbocycles. The van der Waals surface area contributed by atoms with Gasteiger partial charge in [0, 0.05) is 25.2 Å². The maximum atomic E-state index is 13.6. The van der Waals surface area contributed by atoms with E-state index in [1.54, 1.807) is 19.0 Å². The lowest BCUT2D eigenvalue weighted by atomic mass is 10.0. The smallest absolute Gasteiger partial charge is 0.259 e. The van der Waals surface area contributed by atoms with E-state index in [1.807, 2.05) is 20.8 Å². The molecule has 0 saturated heterocycles. The van der Waals surface area contributed by atoms with Crippen LogP contribution in [0.4, 0.5) is 10.2 Å². The van der Waals surface area contributed by atoms with E-state index in [-0.39, 0.29) is 17.4 Å². The van der Waals surface area contributed by atoms with Crippen molar-refractivity contribution in [2.24, 2.45) is 0 Å². The predicted octanol–water partition coefficient (Wildman–Crippen LogP) is 3.08. The van der Waals surface area contributed by atoms with Crippen molar-refractivity contribution in [1.29, 1.82) is 0 Å². The molecule has 0 aliphatic rings. The van der Waals surface area contributed by atoms with Gasteiger partial charge in [0.1, 0.15) is 5.56 Å². The highest BCUT2D eigenvalue weighted by Crippen LogP contribution is 2.33. The summed E-state index contributed by atoms with van der Waals surface area (Å²) in [5, 5.41) is 6.87. The molecule has 1 amide bonds. The summed E-state index contributed by atoms with van der Waals surface area (Å²) in [6.45, 7) is 5.65. The second-order valence-corrected chi connectivity index (χ2v) is 6.66. The van der Waals surface area contributed by atoms with Crippen LogP contribution in [0.25, 0.3) is 11.3 Å². The second-order valence-electron chi connectivity index (χ2n) is 6.66. The lowest BCUT2D eigenvalue weighted by molar-refractivity contribution is 0.0920. The zero-order valence-corrected chi connectivity index (χ0v) is 14.7. The van der Waals surface area contributed by atoms with E-state index in [0.717, 1.165) is 0 Å². The first-order valence-corrected chi connectivity index (χ1v) is 7.47. The van der Waals surface area contributed by atoms with Gasteiger partial charge in [-0.1, -0.05) is 5.16 Å². The monoisotopic (exact) mass is 335 g/mol. The Morgan fingerprint density at radius 2 is 2.00 bits per heavy atom. The minimum Gasteiger partial charge on any atom is -0.494 e. The number of hydrogen-bond donors (Lipinski definition) is 1. The Hall–Kier alpha value is -2.57. The van der Waals surface area contributed by atoms with Crippen LogP contribution in [0.1, 0.15) is 31.1 Å². The fourth-order valence-electron chi connectivity index (χ4n) is 2.19. The molecular weight excluding hydrogens is 313 g/mol. The van der Waals surface area contributed by atoms with Gasteiger partial charge in [-0.25, -0.2) is 4.39 Å². The first-order valence-electron chi connectivity index (χ1n) is 7.47. The number of benzene rings is 1. The fourth-order valence-corrected chi connectivity index (χ4v) is 2.19. The lowest BCUT2D eigenvalue weighted by Gasteiger charge is -2.21. The van der Waals surface area contributed by atoms with Gasteiger partial charge in [0.05, 0.1) is 7.11 Å². The molecule has 1 N–H and O–H groups in total. The number of halogens is 1. The van der Waals surface area contributed by atoms with Crippen molar-refractivity contribution < 1.29 is 18.4 Å². The summed E-state index contributed by atoms with van der Waals surface area (Å²) in [6.07, 6.45) is 0. The van der Waals surface area contributed by atoms with Crippen LogP contribution in [0.5, 0.6) is 5.75 Å². The van der Waals surface area contributed by atoms with Crippen LogP contribution in [0, 0.1) is 5.82 Å². The number of nitrogens with zero attached hydrogens (tertiary/aromatic N) is 2. The summed E-state index contributed by atoms with van der Waals surface area (Å²) in [5.41, 5.74) is 0.381. The number of rotatable bonds is 4. The summed E-state index contributed by atoms with van der Waals surface area (Å²) in [7, 11) is 4.91. The molecule has 2 aromatic rings. The number of ether oxygens (including phenoxy) is 1. The van der Waals surface area contributed by atoms with Crippen molar-refractivity contribution in [1.82, 2.24) is 10.5 Å². The minimum atomic E-state index is -0.491. The molecule has 0 radical (unpaired) electrons. The molecule has 1 heterocycles. The van der Waals surface area contributed by atoms with E-state index in [4.69, 9.17) is 9.26 Å². The van der Waals surface area contributed by atoms with Gasteiger partial charge < -0.3 is 19.5 Å². The Kier molecular flexibility index (Phi) is 4.82. The summed E-state index contributed by atoms with van der Waals surface area (Å²) < 4.78 is 24.0. The van der Waals surface area contributed by atoms with Gasteiger partial charge in [-0.05, 0) is 39.0 Å². The molecule has 130 valence electrons. The summed E-state index contributed by atoms with van der Waals surface area (Å²) in [4.78, 5) is 14.4. The maximum Gasteiger partial charge on any atom is 0.259 e. The molecular formula is C17H22FN3O3. The van der Waals surface area contributed by atoms with Crippen molar-refractivity contribution in [3.05, 3.63) is 29.6 Å². The van der Waals surface area contributed by atoms with Crippen LogP contribution in [-0.2, 0) is 0 Å². The predicted molar refractivity (Wildman–Crippen MR) is 90.0 cm³/mol. The van der Waals surface area contributed by atoms with Crippen LogP contribution < -0.4 is 15.0 Å². The zero-order valence-electron chi connectivity index (χ0n) is 14.7. The average Bonchev–Trinajstić information content (AvgIpc) is 2.91. The highest BCUT2D eigenvalue weighted by Gasteiger charge is 2.28. The topological polar surface area (TPSA) is 67.6 Å². The number of methoxy groups -OCH3 is 1. The average molecular weight is 335 g/mol. The maximum absolute atomic E-state index is 13.6. The molecule has 1 aromatic heterocycles. The fraction of sp³-hybridized carbons (Fsp3) is 0.412. The van der Waals surface area contributed by atoms with E-state index in [0.29, 0.717) is 16.9 Å². The normalized spacial score (nSPS) is 11.3. The van der Waals surface area contributed by atoms with Crippen LogP contribution in [0.15, 0.2) is 22.7 Å². The van der Waals surface area contributed by atoms with E-state index < -0.39 is 11.4 Å². The molecule has 0 saturated carbocycles. The number of hydrogen-bond acceptors (Lipinski definition) is 5. The van der Waals surface area contributed by atoms with Crippen molar-refractivity contribution in [2.75, 3.05) is 26.1 Å². The van der Waals surface area contributed by atoms with E-state index in [9.17, 15) is 9.18 Å². The number of carbonyl (C=O) groups is 1. The Bertz CT molecular complexity index is 748.